The number of hydrogen-bond donors (Lipinski definition) is 1. The number of anilines is 1. The molecule has 3 aromatic carbocycles. The van der Waals surface area contributed by atoms with E-state index in [1.165, 1.54) is 12.1 Å². The minimum atomic E-state index is -0.421. The first kappa shape index (κ1) is 17.8. The molecular formula is C21H15ClN4O2. The van der Waals surface area contributed by atoms with Crippen molar-refractivity contribution in [2.24, 2.45) is 0 Å². The summed E-state index contributed by atoms with van der Waals surface area (Å²) in [7, 11) is 0. The molecule has 0 aliphatic carbocycles. The van der Waals surface area contributed by atoms with Gasteiger partial charge in [0.25, 0.3) is 5.69 Å². The zero-order valence-corrected chi connectivity index (χ0v) is 15.4. The van der Waals surface area contributed by atoms with E-state index in [4.69, 9.17) is 22.4 Å². The van der Waals surface area contributed by atoms with Crippen LogP contribution < -0.4 is 5.73 Å². The van der Waals surface area contributed by atoms with E-state index in [-0.39, 0.29) is 5.69 Å². The van der Waals surface area contributed by atoms with Crippen LogP contribution in [0, 0.1) is 10.1 Å². The number of rotatable bonds is 4. The fourth-order valence-corrected chi connectivity index (χ4v) is 3.04. The first-order valence-corrected chi connectivity index (χ1v) is 8.86. The Kier molecular flexibility index (Phi) is 4.55. The Balaban J connectivity index is 1.84. The Morgan fingerprint density at radius 1 is 0.893 bits per heavy atom. The molecule has 4 aromatic rings. The van der Waals surface area contributed by atoms with Crippen molar-refractivity contribution >= 4 is 23.0 Å². The number of nitro groups is 1. The van der Waals surface area contributed by atoms with Crippen LogP contribution in [0.25, 0.3) is 28.2 Å². The third-order valence-electron chi connectivity index (χ3n) is 4.36. The maximum Gasteiger partial charge on any atom is 0.269 e. The fraction of sp³-hybridized carbons (Fsp3) is 0. The molecule has 0 bridgehead atoms. The van der Waals surface area contributed by atoms with Gasteiger partial charge in [0.2, 0.25) is 0 Å². The lowest BCUT2D eigenvalue weighted by molar-refractivity contribution is -0.384. The molecule has 1 aromatic heterocycles. The molecule has 0 saturated heterocycles. The van der Waals surface area contributed by atoms with Crippen LogP contribution in [-0.4, -0.2) is 14.7 Å². The number of hydrogen-bond acceptors (Lipinski definition) is 4. The van der Waals surface area contributed by atoms with Crippen LogP contribution in [0.1, 0.15) is 0 Å². The first-order valence-electron chi connectivity index (χ1n) is 8.48. The molecule has 4 rings (SSSR count). The van der Waals surface area contributed by atoms with Gasteiger partial charge in [-0.3, -0.25) is 10.1 Å². The highest BCUT2D eigenvalue weighted by atomic mass is 35.5. The van der Waals surface area contributed by atoms with Gasteiger partial charge in [-0.15, -0.1) is 0 Å². The SMILES string of the molecule is Nc1ccc(-n2nc(-c3ccc([N+](=O)[O-])cc3)cc2-c2ccc(Cl)cc2)cc1. The van der Waals surface area contributed by atoms with Crippen LogP contribution >= 0.6 is 11.6 Å². The summed E-state index contributed by atoms with van der Waals surface area (Å²) in [4.78, 5) is 10.5. The Morgan fingerprint density at radius 2 is 1.50 bits per heavy atom. The highest BCUT2D eigenvalue weighted by Gasteiger charge is 2.14. The van der Waals surface area contributed by atoms with Crippen molar-refractivity contribution in [1.29, 1.82) is 0 Å². The van der Waals surface area contributed by atoms with E-state index >= 15 is 0 Å². The van der Waals surface area contributed by atoms with Crippen molar-refractivity contribution in [3.63, 3.8) is 0 Å². The van der Waals surface area contributed by atoms with Gasteiger partial charge < -0.3 is 5.73 Å². The third-order valence-corrected chi connectivity index (χ3v) is 4.61. The van der Waals surface area contributed by atoms with Crippen LogP contribution in [0.2, 0.25) is 5.02 Å². The molecule has 0 radical (unpaired) electrons. The van der Waals surface area contributed by atoms with Crippen LogP contribution in [0.4, 0.5) is 11.4 Å². The molecule has 0 aliphatic rings. The van der Waals surface area contributed by atoms with E-state index in [1.807, 2.05) is 59.3 Å². The Hall–Kier alpha value is -3.64. The second kappa shape index (κ2) is 7.17. The van der Waals surface area contributed by atoms with E-state index in [0.29, 0.717) is 16.4 Å². The third kappa shape index (κ3) is 3.45. The van der Waals surface area contributed by atoms with E-state index < -0.39 is 4.92 Å². The monoisotopic (exact) mass is 390 g/mol. The van der Waals surface area contributed by atoms with Crippen molar-refractivity contribution in [2.75, 3.05) is 5.73 Å². The molecular weight excluding hydrogens is 376 g/mol. The minimum absolute atomic E-state index is 0.0413. The van der Waals surface area contributed by atoms with Gasteiger partial charge in [0.1, 0.15) is 0 Å². The summed E-state index contributed by atoms with van der Waals surface area (Å²) < 4.78 is 1.82. The number of halogens is 1. The summed E-state index contributed by atoms with van der Waals surface area (Å²) in [5, 5.41) is 16.3. The van der Waals surface area contributed by atoms with Gasteiger partial charge in [-0.2, -0.15) is 5.10 Å². The van der Waals surface area contributed by atoms with Crippen LogP contribution in [-0.2, 0) is 0 Å². The highest BCUT2D eigenvalue weighted by molar-refractivity contribution is 6.30. The summed E-state index contributed by atoms with van der Waals surface area (Å²) in [6, 6.07) is 23.2. The number of nitrogens with two attached hydrogens (primary N) is 1. The number of benzene rings is 3. The van der Waals surface area contributed by atoms with Crippen molar-refractivity contribution < 1.29 is 4.92 Å². The standard InChI is InChI=1S/C21H15ClN4O2/c22-16-5-1-15(2-6-16)21-13-20(14-3-9-19(10-4-14)26(27)28)24-25(21)18-11-7-17(23)8-12-18/h1-13H,23H2. The minimum Gasteiger partial charge on any atom is -0.399 e. The van der Waals surface area contributed by atoms with Gasteiger partial charge in [0, 0.05) is 34.0 Å². The number of nitrogen functional groups attached to an aromatic ring is 1. The lowest BCUT2D eigenvalue weighted by Gasteiger charge is -2.08. The predicted octanol–water partition coefficient (Wildman–Crippen LogP) is 5.35. The predicted molar refractivity (Wildman–Crippen MR) is 111 cm³/mol. The van der Waals surface area contributed by atoms with E-state index in [0.717, 1.165) is 22.5 Å². The van der Waals surface area contributed by atoms with E-state index in [1.54, 1.807) is 12.1 Å². The molecule has 6 nitrogen and oxygen atoms in total. The number of aromatic nitrogens is 2. The Morgan fingerprint density at radius 3 is 2.11 bits per heavy atom. The molecule has 0 fully saturated rings. The summed E-state index contributed by atoms with van der Waals surface area (Å²) in [6.45, 7) is 0. The molecule has 0 spiro atoms. The second-order valence-corrected chi connectivity index (χ2v) is 6.67. The zero-order valence-electron chi connectivity index (χ0n) is 14.6. The lowest BCUT2D eigenvalue weighted by atomic mass is 10.1. The Labute approximate surface area is 166 Å². The highest BCUT2D eigenvalue weighted by Crippen LogP contribution is 2.30. The fourth-order valence-electron chi connectivity index (χ4n) is 2.91. The summed E-state index contributed by atoms with van der Waals surface area (Å²) in [5.74, 6) is 0. The molecule has 0 saturated carbocycles. The maximum atomic E-state index is 10.9. The second-order valence-electron chi connectivity index (χ2n) is 6.23. The quantitative estimate of drug-likeness (QED) is 0.289. The molecule has 28 heavy (non-hydrogen) atoms. The number of nitro benzene ring substituents is 1. The number of nitrogens with zero attached hydrogens (tertiary/aromatic N) is 3. The van der Waals surface area contributed by atoms with Crippen LogP contribution in [0.5, 0.6) is 0 Å². The van der Waals surface area contributed by atoms with Crippen molar-refractivity contribution in [2.45, 2.75) is 0 Å². The van der Waals surface area contributed by atoms with Crippen molar-refractivity contribution in [3.8, 4) is 28.2 Å². The summed E-state index contributed by atoms with van der Waals surface area (Å²) >= 11 is 6.02. The van der Waals surface area contributed by atoms with Gasteiger partial charge in [0.05, 0.1) is 22.0 Å². The molecule has 7 heteroatoms. The molecule has 0 unspecified atom stereocenters. The zero-order chi connectivity index (χ0) is 19.7. The normalized spacial score (nSPS) is 10.8. The lowest BCUT2D eigenvalue weighted by Crippen LogP contribution is -1.99. The van der Waals surface area contributed by atoms with Gasteiger partial charge in [0.15, 0.2) is 0 Å². The molecule has 0 amide bonds. The summed E-state index contributed by atoms with van der Waals surface area (Å²) in [6.07, 6.45) is 0. The molecule has 1 heterocycles. The number of non-ortho nitro benzene ring substituents is 1. The average Bonchev–Trinajstić information content (AvgIpc) is 3.14. The Bertz CT molecular complexity index is 1070. The van der Waals surface area contributed by atoms with Crippen LogP contribution in [0.15, 0.2) is 78.9 Å². The molecule has 138 valence electrons. The largest absolute Gasteiger partial charge is 0.399 e. The van der Waals surface area contributed by atoms with E-state index in [9.17, 15) is 10.1 Å². The van der Waals surface area contributed by atoms with Gasteiger partial charge >= 0.3 is 0 Å². The maximum absolute atomic E-state index is 10.9. The van der Waals surface area contributed by atoms with Gasteiger partial charge in [-0.1, -0.05) is 23.7 Å². The summed E-state index contributed by atoms with van der Waals surface area (Å²) in [5.41, 5.74) is 10.7. The van der Waals surface area contributed by atoms with E-state index in [2.05, 4.69) is 0 Å². The van der Waals surface area contributed by atoms with Crippen molar-refractivity contribution in [1.82, 2.24) is 9.78 Å². The van der Waals surface area contributed by atoms with Gasteiger partial charge in [-0.05, 0) is 54.6 Å². The molecule has 0 atom stereocenters. The van der Waals surface area contributed by atoms with Crippen molar-refractivity contribution in [3.05, 3.63) is 94.0 Å². The first-order chi connectivity index (χ1) is 13.5. The van der Waals surface area contributed by atoms with Crippen LogP contribution in [0.3, 0.4) is 0 Å². The molecule has 2 N–H and O–H groups in total. The topological polar surface area (TPSA) is 87.0 Å². The van der Waals surface area contributed by atoms with Gasteiger partial charge in [-0.25, -0.2) is 4.68 Å². The average molecular weight is 391 g/mol. The smallest absolute Gasteiger partial charge is 0.269 e. The molecule has 0 aliphatic heterocycles.